The lowest BCUT2D eigenvalue weighted by atomic mass is 10.2. The second kappa shape index (κ2) is 5.97. The van der Waals surface area contributed by atoms with Crippen molar-refractivity contribution >= 4 is 22.9 Å². The number of carbonyl (C=O) groups is 2. The maximum absolute atomic E-state index is 11.5. The molecule has 6 heteroatoms. The van der Waals surface area contributed by atoms with E-state index in [1.807, 2.05) is 7.05 Å². The van der Waals surface area contributed by atoms with Crippen molar-refractivity contribution in [3.05, 3.63) is 0 Å². The molecule has 1 aliphatic heterocycles. The summed E-state index contributed by atoms with van der Waals surface area (Å²) in [6.07, 6.45) is 0. The highest BCUT2D eigenvalue weighted by Crippen LogP contribution is 2.12. The number of amides is 2. The van der Waals surface area contributed by atoms with Gasteiger partial charge in [0.2, 0.25) is 5.91 Å². The third-order valence-electron chi connectivity index (χ3n) is 2.17. The van der Waals surface area contributed by atoms with Crippen LogP contribution in [0.3, 0.4) is 0 Å². The van der Waals surface area contributed by atoms with Crippen LogP contribution in [0.1, 0.15) is 6.92 Å². The zero-order chi connectivity index (χ0) is 11.3. The largest absolute Gasteiger partial charge is 0.354 e. The fourth-order valence-corrected chi connectivity index (χ4v) is 2.12. The third kappa shape index (κ3) is 4.09. The van der Waals surface area contributed by atoms with Crippen LogP contribution in [-0.4, -0.2) is 43.1 Å². The van der Waals surface area contributed by atoms with Gasteiger partial charge in [-0.05, 0) is 19.5 Å². The number of rotatable bonds is 5. The Balaban J connectivity index is 2.21. The highest BCUT2D eigenvalue weighted by molar-refractivity contribution is 8.14. The van der Waals surface area contributed by atoms with Crippen molar-refractivity contribution in [2.75, 3.05) is 25.9 Å². The molecule has 2 unspecified atom stereocenters. The van der Waals surface area contributed by atoms with Crippen LogP contribution in [0, 0.1) is 5.92 Å². The molecular formula is C9H17N3O2S. The molecular weight excluding hydrogens is 214 g/mol. The Morgan fingerprint density at radius 2 is 2.40 bits per heavy atom. The second-order valence-electron chi connectivity index (χ2n) is 3.70. The minimum Gasteiger partial charge on any atom is -0.354 e. The van der Waals surface area contributed by atoms with Crippen molar-refractivity contribution in [1.82, 2.24) is 16.0 Å². The second-order valence-corrected chi connectivity index (χ2v) is 4.70. The lowest BCUT2D eigenvalue weighted by molar-refractivity contribution is -0.122. The first-order valence-corrected chi connectivity index (χ1v) is 5.97. The van der Waals surface area contributed by atoms with E-state index < -0.39 is 0 Å². The van der Waals surface area contributed by atoms with E-state index in [1.54, 1.807) is 0 Å². The molecule has 1 heterocycles. The van der Waals surface area contributed by atoms with E-state index in [1.165, 1.54) is 0 Å². The Hall–Kier alpha value is -0.750. The zero-order valence-electron chi connectivity index (χ0n) is 9.00. The SMILES string of the molecule is CNCC(C)CNC(=O)C1CSC(=O)N1. The van der Waals surface area contributed by atoms with Crippen molar-refractivity contribution in [2.24, 2.45) is 5.92 Å². The summed E-state index contributed by atoms with van der Waals surface area (Å²) in [4.78, 5) is 22.4. The van der Waals surface area contributed by atoms with Gasteiger partial charge in [-0.2, -0.15) is 0 Å². The molecule has 2 amide bonds. The van der Waals surface area contributed by atoms with E-state index in [-0.39, 0.29) is 17.2 Å². The first-order chi connectivity index (χ1) is 7.13. The Labute approximate surface area is 93.7 Å². The van der Waals surface area contributed by atoms with Gasteiger partial charge in [0.05, 0.1) is 0 Å². The Bertz CT molecular complexity index is 248. The van der Waals surface area contributed by atoms with E-state index in [0.29, 0.717) is 18.2 Å². The van der Waals surface area contributed by atoms with Gasteiger partial charge in [-0.1, -0.05) is 18.7 Å². The predicted octanol–water partition coefficient (Wildman–Crippen LogP) is -0.217. The smallest absolute Gasteiger partial charge is 0.279 e. The van der Waals surface area contributed by atoms with Crippen LogP contribution >= 0.6 is 11.8 Å². The molecule has 0 bridgehead atoms. The molecule has 2 atom stereocenters. The number of thioether (sulfide) groups is 1. The van der Waals surface area contributed by atoms with Crippen LogP contribution in [0.15, 0.2) is 0 Å². The van der Waals surface area contributed by atoms with E-state index in [9.17, 15) is 9.59 Å². The molecule has 0 aliphatic carbocycles. The van der Waals surface area contributed by atoms with Crippen molar-refractivity contribution in [3.63, 3.8) is 0 Å². The van der Waals surface area contributed by atoms with Gasteiger partial charge in [0.15, 0.2) is 0 Å². The molecule has 1 rings (SSSR count). The number of hydrogen-bond donors (Lipinski definition) is 3. The Morgan fingerprint density at radius 1 is 1.67 bits per heavy atom. The lowest BCUT2D eigenvalue weighted by Gasteiger charge is -2.14. The third-order valence-corrected chi connectivity index (χ3v) is 3.05. The number of carbonyl (C=O) groups excluding carboxylic acids is 2. The molecule has 15 heavy (non-hydrogen) atoms. The van der Waals surface area contributed by atoms with Crippen LogP contribution in [-0.2, 0) is 4.79 Å². The summed E-state index contributed by atoms with van der Waals surface area (Å²) < 4.78 is 0. The summed E-state index contributed by atoms with van der Waals surface area (Å²) in [6, 6.07) is -0.357. The summed E-state index contributed by atoms with van der Waals surface area (Å²) in [5.74, 6) is 0.838. The van der Waals surface area contributed by atoms with Gasteiger partial charge in [0.25, 0.3) is 5.24 Å². The van der Waals surface area contributed by atoms with Gasteiger partial charge in [0.1, 0.15) is 6.04 Å². The standard InChI is InChI=1S/C9H17N3O2S/c1-6(3-10-2)4-11-8(13)7-5-15-9(14)12-7/h6-7,10H,3-5H2,1-2H3,(H,11,13)(H,12,14). The van der Waals surface area contributed by atoms with Crippen molar-refractivity contribution in [3.8, 4) is 0 Å². The van der Waals surface area contributed by atoms with Crippen LogP contribution in [0.25, 0.3) is 0 Å². The molecule has 5 nitrogen and oxygen atoms in total. The minimum atomic E-state index is -0.357. The molecule has 0 aromatic rings. The van der Waals surface area contributed by atoms with E-state index >= 15 is 0 Å². The molecule has 86 valence electrons. The first-order valence-electron chi connectivity index (χ1n) is 4.99. The summed E-state index contributed by atoms with van der Waals surface area (Å²) >= 11 is 1.15. The van der Waals surface area contributed by atoms with Gasteiger partial charge < -0.3 is 16.0 Å². The van der Waals surface area contributed by atoms with Gasteiger partial charge in [-0.3, -0.25) is 9.59 Å². The molecule has 0 aromatic carbocycles. The average Bonchev–Trinajstić information content (AvgIpc) is 2.62. The molecule has 0 spiro atoms. The molecule has 1 fully saturated rings. The van der Waals surface area contributed by atoms with Crippen molar-refractivity contribution < 1.29 is 9.59 Å². The normalized spacial score (nSPS) is 22.3. The quantitative estimate of drug-likeness (QED) is 0.612. The van der Waals surface area contributed by atoms with Crippen LogP contribution in [0.5, 0.6) is 0 Å². The highest BCUT2D eigenvalue weighted by atomic mass is 32.2. The maximum atomic E-state index is 11.5. The molecule has 1 aliphatic rings. The predicted molar refractivity (Wildman–Crippen MR) is 60.9 cm³/mol. The van der Waals surface area contributed by atoms with Crippen LogP contribution < -0.4 is 16.0 Å². The topological polar surface area (TPSA) is 70.2 Å². The van der Waals surface area contributed by atoms with Gasteiger partial charge in [-0.15, -0.1) is 0 Å². The van der Waals surface area contributed by atoms with E-state index in [0.717, 1.165) is 18.3 Å². The summed E-state index contributed by atoms with van der Waals surface area (Å²) in [5, 5.41) is 8.36. The molecule has 3 N–H and O–H groups in total. The van der Waals surface area contributed by atoms with Crippen LogP contribution in [0.2, 0.25) is 0 Å². The number of nitrogens with one attached hydrogen (secondary N) is 3. The van der Waals surface area contributed by atoms with Gasteiger partial charge >= 0.3 is 0 Å². The first kappa shape index (κ1) is 12.3. The summed E-state index contributed by atoms with van der Waals surface area (Å²) in [5.41, 5.74) is 0. The van der Waals surface area contributed by atoms with Gasteiger partial charge in [-0.25, -0.2) is 0 Å². The number of hydrogen-bond acceptors (Lipinski definition) is 4. The lowest BCUT2D eigenvalue weighted by Crippen LogP contribution is -2.44. The van der Waals surface area contributed by atoms with Crippen LogP contribution in [0.4, 0.5) is 4.79 Å². The fraction of sp³-hybridized carbons (Fsp3) is 0.778. The maximum Gasteiger partial charge on any atom is 0.279 e. The summed E-state index contributed by atoms with van der Waals surface area (Å²) in [6.45, 7) is 3.56. The Kier molecular flexibility index (Phi) is 4.90. The van der Waals surface area contributed by atoms with Crippen molar-refractivity contribution in [2.45, 2.75) is 13.0 Å². The molecule has 0 radical (unpaired) electrons. The molecule has 0 saturated carbocycles. The Morgan fingerprint density at radius 3 is 2.93 bits per heavy atom. The molecule has 0 aromatic heterocycles. The zero-order valence-corrected chi connectivity index (χ0v) is 9.82. The fourth-order valence-electron chi connectivity index (χ4n) is 1.34. The average molecular weight is 231 g/mol. The highest BCUT2D eigenvalue weighted by Gasteiger charge is 2.27. The van der Waals surface area contributed by atoms with Gasteiger partial charge in [0, 0.05) is 12.3 Å². The van der Waals surface area contributed by atoms with E-state index in [2.05, 4.69) is 22.9 Å². The monoisotopic (exact) mass is 231 g/mol. The minimum absolute atomic E-state index is 0.0868. The summed E-state index contributed by atoms with van der Waals surface area (Å²) in [7, 11) is 1.88. The molecule has 1 saturated heterocycles. The van der Waals surface area contributed by atoms with Crippen molar-refractivity contribution in [1.29, 1.82) is 0 Å². The van der Waals surface area contributed by atoms with E-state index in [4.69, 9.17) is 0 Å².